The van der Waals surface area contributed by atoms with Crippen LogP contribution >= 0.6 is 0 Å². The fourth-order valence-electron chi connectivity index (χ4n) is 2.11. The Bertz CT molecular complexity index is 692. The van der Waals surface area contributed by atoms with E-state index in [-0.39, 0.29) is 0 Å². The molecule has 0 heterocycles. The lowest BCUT2D eigenvalue weighted by molar-refractivity contribution is -0.319. The first-order valence-electron chi connectivity index (χ1n) is 7.78. The van der Waals surface area contributed by atoms with Gasteiger partial charge in [-0.3, -0.25) is 4.74 Å². The largest absolute Gasteiger partial charge is 0.522 e. The van der Waals surface area contributed by atoms with Crippen LogP contribution in [0.1, 0.15) is 16.7 Å². The normalized spacial score (nSPS) is 12.3. The van der Waals surface area contributed by atoms with Crippen molar-refractivity contribution in [2.24, 2.45) is 0 Å². The Morgan fingerprint density at radius 3 is 2.24 bits per heavy atom. The predicted octanol–water partition coefficient (Wildman–Crippen LogP) is 5.47. The molecule has 132 valence electrons. The number of rotatable bonds is 8. The SMILES string of the molecule is FC(F)(F)OC/C=C/c1cccc(COC/C=C/c2ccccc2)c1. The predicted molar refractivity (Wildman–Crippen MR) is 92.6 cm³/mol. The second kappa shape index (κ2) is 9.81. The number of benzene rings is 2. The molecule has 2 aromatic carbocycles. The second-order valence-electron chi connectivity index (χ2n) is 5.23. The third kappa shape index (κ3) is 8.33. The highest BCUT2D eigenvalue weighted by atomic mass is 19.4. The molecule has 0 aliphatic rings. The van der Waals surface area contributed by atoms with E-state index in [0.29, 0.717) is 13.2 Å². The Hall–Kier alpha value is -2.37. The molecule has 0 aliphatic carbocycles. The molecule has 0 bridgehead atoms. The Labute approximate surface area is 145 Å². The van der Waals surface area contributed by atoms with Crippen molar-refractivity contribution in [3.63, 3.8) is 0 Å². The molecule has 0 saturated heterocycles. The van der Waals surface area contributed by atoms with Gasteiger partial charge in [0.15, 0.2) is 0 Å². The van der Waals surface area contributed by atoms with Crippen LogP contribution in [0.15, 0.2) is 66.7 Å². The average molecular weight is 348 g/mol. The number of halogens is 3. The molecule has 0 spiro atoms. The molecule has 0 aliphatic heterocycles. The summed E-state index contributed by atoms with van der Waals surface area (Å²) in [4.78, 5) is 0. The van der Waals surface area contributed by atoms with E-state index in [9.17, 15) is 13.2 Å². The van der Waals surface area contributed by atoms with Gasteiger partial charge in [0.2, 0.25) is 0 Å². The Balaban J connectivity index is 1.75. The fraction of sp³-hybridized carbons (Fsp3) is 0.200. The highest BCUT2D eigenvalue weighted by Crippen LogP contribution is 2.16. The smallest absolute Gasteiger partial charge is 0.373 e. The van der Waals surface area contributed by atoms with Crippen molar-refractivity contribution in [1.82, 2.24) is 0 Å². The molecule has 5 heteroatoms. The van der Waals surface area contributed by atoms with Crippen molar-refractivity contribution in [1.29, 1.82) is 0 Å². The van der Waals surface area contributed by atoms with E-state index in [1.54, 1.807) is 6.08 Å². The van der Waals surface area contributed by atoms with Crippen LogP contribution in [-0.4, -0.2) is 19.6 Å². The molecule has 25 heavy (non-hydrogen) atoms. The van der Waals surface area contributed by atoms with E-state index in [1.807, 2.05) is 66.7 Å². The zero-order chi connectivity index (χ0) is 18.0. The van der Waals surface area contributed by atoms with Crippen molar-refractivity contribution in [3.8, 4) is 0 Å². The van der Waals surface area contributed by atoms with E-state index in [2.05, 4.69) is 4.74 Å². The molecule has 0 fully saturated rings. The third-order valence-corrected chi connectivity index (χ3v) is 3.20. The average Bonchev–Trinajstić information content (AvgIpc) is 2.59. The number of hydrogen-bond acceptors (Lipinski definition) is 2. The van der Waals surface area contributed by atoms with E-state index >= 15 is 0 Å². The van der Waals surface area contributed by atoms with Gasteiger partial charge in [0.1, 0.15) is 0 Å². The van der Waals surface area contributed by atoms with Gasteiger partial charge in [-0.05, 0) is 22.8 Å². The Morgan fingerprint density at radius 2 is 1.48 bits per heavy atom. The summed E-state index contributed by atoms with van der Waals surface area (Å²) in [6.07, 6.45) is 2.24. The fourth-order valence-corrected chi connectivity index (χ4v) is 2.11. The van der Waals surface area contributed by atoms with Gasteiger partial charge in [-0.2, -0.15) is 0 Å². The van der Waals surface area contributed by atoms with E-state index in [4.69, 9.17) is 4.74 Å². The number of ether oxygens (including phenoxy) is 2. The summed E-state index contributed by atoms with van der Waals surface area (Å²) in [6.45, 7) is 0.406. The van der Waals surface area contributed by atoms with Gasteiger partial charge >= 0.3 is 6.36 Å². The molecule has 0 aromatic heterocycles. The molecule has 0 amide bonds. The van der Waals surface area contributed by atoms with Crippen LogP contribution in [0.2, 0.25) is 0 Å². The summed E-state index contributed by atoms with van der Waals surface area (Å²) in [6, 6.07) is 17.3. The van der Waals surface area contributed by atoms with Gasteiger partial charge in [0.25, 0.3) is 0 Å². The van der Waals surface area contributed by atoms with Crippen molar-refractivity contribution in [3.05, 3.63) is 83.4 Å². The summed E-state index contributed by atoms with van der Waals surface area (Å²) in [5.41, 5.74) is 2.86. The van der Waals surface area contributed by atoms with Crippen LogP contribution in [0.25, 0.3) is 12.2 Å². The van der Waals surface area contributed by atoms with E-state index in [0.717, 1.165) is 16.7 Å². The first kappa shape index (κ1) is 19.0. The molecule has 2 nitrogen and oxygen atoms in total. The van der Waals surface area contributed by atoms with Crippen LogP contribution < -0.4 is 0 Å². The van der Waals surface area contributed by atoms with Crippen molar-refractivity contribution >= 4 is 12.2 Å². The number of alkyl halides is 3. The van der Waals surface area contributed by atoms with Crippen LogP contribution in [0.4, 0.5) is 13.2 Å². The maximum absolute atomic E-state index is 11.9. The summed E-state index contributed by atoms with van der Waals surface area (Å²) < 4.78 is 44.9. The molecule has 0 N–H and O–H groups in total. The summed E-state index contributed by atoms with van der Waals surface area (Å²) in [5, 5.41) is 0. The molecule has 0 saturated carbocycles. The standard InChI is InChI=1S/C20H19F3O2/c21-20(22,23)25-14-6-12-18-9-4-10-19(15-18)16-24-13-5-11-17-7-2-1-3-8-17/h1-12,15H,13-14,16H2/b11-5+,12-6+. The van der Waals surface area contributed by atoms with Crippen molar-refractivity contribution in [2.45, 2.75) is 13.0 Å². The quantitative estimate of drug-likeness (QED) is 0.589. The lowest BCUT2D eigenvalue weighted by Crippen LogP contribution is -2.12. The second-order valence-corrected chi connectivity index (χ2v) is 5.23. The monoisotopic (exact) mass is 348 g/mol. The summed E-state index contributed by atoms with van der Waals surface area (Å²) in [5.74, 6) is 0. The van der Waals surface area contributed by atoms with Crippen LogP contribution in [0, 0.1) is 0 Å². The molecule has 0 atom stereocenters. The van der Waals surface area contributed by atoms with Crippen LogP contribution in [0.3, 0.4) is 0 Å². The Kier molecular flexibility index (Phi) is 7.44. The van der Waals surface area contributed by atoms with Gasteiger partial charge in [0, 0.05) is 0 Å². The minimum atomic E-state index is -4.60. The maximum atomic E-state index is 11.9. The topological polar surface area (TPSA) is 18.5 Å². The number of hydrogen-bond donors (Lipinski definition) is 0. The molecular formula is C20H19F3O2. The zero-order valence-electron chi connectivity index (χ0n) is 13.6. The third-order valence-electron chi connectivity index (χ3n) is 3.20. The minimum Gasteiger partial charge on any atom is -0.373 e. The first-order chi connectivity index (χ1) is 12.0. The highest BCUT2D eigenvalue weighted by Gasteiger charge is 2.27. The van der Waals surface area contributed by atoms with Gasteiger partial charge in [-0.1, -0.05) is 72.8 Å². The van der Waals surface area contributed by atoms with Gasteiger partial charge < -0.3 is 4.74 Å². The van der Waals surface area contributed by atoms with Gasteiger partial charge in [0.05, 0.1) is 19.8 Å². The minimum absolute atomic E-state index is 0.430. The first-order valence-corrected chi connectivity index (χ1v) is 7.78. The molecule has 2 aromatic rings. The van der Waals surface area contributed by atoms with Crippen LogP contribution in [0.5, 0.6) is 0 Å². The van der Waals surface area contributed by atoms with Gasteiger partial charge in [-0.25, -0.2) is 0 Å². The lowest BCUT2D eigenvalue weighted by Gasteiger charge is -2.04. The molecule has 0 radical (unpaired) electrons. The lowest BCUT2D eigenvalue weighted by atomic mass is 10.1. The highest BCUT2D eigenvalue weighted by molar-refractivity contribution is 5.50. The van der Waals surface area contributed by atoms with Crippen molar-refractivity contribution < 1.29 is 22.6 Å². The summed E-state index contributed by atoms with van der Waals surface area (Å²) in [7, 11) is 0. The Morgan fingerprint density at radius 1 is 0.800 bits per heavy atom. The molecular weight excluding hydrogens is 329 g/mol. The van der Waals surface area contributed by atoms with Crippen molar-refractivity contribution in [2.75, 3.05) is 13.2 Å². The van der Waals surface area contributed by atoms with Gasteiger partial charge in [-0.15, -0.1) is 13.2 Å². The summed E-state index contributed by atoms with van der Waals surface area (Å²) >= 11 is 0. The molecule has 2 rings (SSSR count). The molecule has 0 unspecified atom stereocenters. The van der Waals surface area contributed by atoms with E-state index in [1.165, 1.54) is 6.08 Å². The van der Waals surface area contributed by atoms with E-state index < -0.39 is 13.0 Å². The maximum Gasteiger partial charge on any atom is 0.522 e. The van der Waals surface area contributed by atoms with Crippen LogP contribution in [-0.2, 0) is 16.1 Å². The zero-order valence-corrected chi connectivity index (χ0v) is 13.6.